The summed E-state index contributed by atoms with van der Waals surface area (Å²) in [5.74, 6) is 0. The molecule has 0 aromatic rings. The van der Waals surface area contributed by atoms with Crippen molar-refractivity contribution in [2.24, 2.45) is 0 Å². The molecule has 0 N–H and O–H groups in total. The van der Waals surface area contributed by atoms with Gasteiger partial charge in [0.2, 0.25) is 0 Å². The zero-order valence-corrected chi connectivity index (χ0v) is 10.2. The first-order valence-electron chi connectivity index (χ1n) is 6.24. The minimum Gasteiger partial charge on any atom is -0.381 e. The molecule has 1 saturated heterocycles. The van der Waals surface area contributed by atoms with Gasteiger partial charge in [0.25, 0.3) is 0 Å². The van der Waals surface area contributed by atoms with Gasteiger partial charge in [0, 0.05) is 32.3 Å². The van der Waals surface area contributed by atoms with Crippen molar-refractivity contribution in [3.8, 4) is 0 Å². The maximum Gasteiger partial charge on any atom is 0.0619 e. The third-order valence-corrected chi connectivity index (χ3v) is 2.88. The highest BCUT2D eigenvalue weighted by Crippen LogP contribution is 2.06. The maximum atomic E-state index is 5.54. The van der Waals surface area contributed by atoms with Gasteiger partial charge in [0.05, 0.1) is 13.2 Å². The molecule has 0 radical (unpaired) electrons. The van der Waals surface area contributed by atoms with E-state index in [1.807, 2.05) is 0 Å². The van der Waals surface area contributed by atoms with Crippen molar-refractivity contribution >= 4 is 0 Å². The molecule has 0 bridgehead atoms. The predicted molar refractivity (Wildman–Crippen MR) is 62.2 cm³/mol. The van der Waals surface area contributed by atoms with Crippen LogP contribution in [0, 0.1) is 0 Å². The van der Waals surface area contributed by atoms with Gasteiger partial charge >= 0.3 is 0 Å². The van der Waals surface area contributed by atoms with E-state index in [0.717, 1.165) is 45.9 Å². The van der Waals surface area contributed by atoms with Crippen molar-refractivity contribution in [1.82, 2.24) is 4.90 Å². The second kappa shape index (κ2) is 8.08. The summed E-state index contributed by atoms with van der Waals surface area (Å²) in [5, 5.41) is 0. The van der Waals surface area contributed by atoms with E-state index in [0.29, 0.717) is 6.04 Å². The van der Waals surface area contributed by atoms with Gasteiger partial charge < -0.3 is 9.47 Å². The average molecular weight is 215 g/mol. The fourth-order valence-electron chi connectivity index (χ4n) is 1.81. The predicted octanol–water partition coefficient (Wildman–Crippen LogP) is 1.91. The van der Waals surface area contributed by atoms with Crippen molar-refractivity contribution in [2.75, 3.05) is 39.5 Å². The Kier molecular flexibility index (Phi) is 6.98. The monoisotopic (exact) mass is 215 g/mol. The molecule has 90 valence electrons. The number of hydrogen-bond donors (Lipinski definition) is 0. The second-order valence-corrected chi connectivity index (χ2v) is 4.28. The third kappa shape index (κ3) is 5.50. The Balaban J connectivity index is 1.94. The molecule has 0 spiro atoms. The summed E-state index contributed by atoms with van der Waals surface area (Å²) < 4.78 is 10.9. The van der Waals surface area contributed by atoms with Crippen LogP contribution >= 0.6 is 0 Å². The number of ether oxygens (including phenoxy) is 2. The van der Waals surface area contributed by atoms with Gasteiger partial charge in [-0.1, -0.05) is 13.3 Å². The van der Waals surface area contributed by atoms with Gasteiger partial charge in [-0.15, -0.1) is 0 Å². The maximum absolute atomic E-state index is 5.54. The first-order chi connectivity index (χ1) is 7.34. The summed E-state index contributed by atoms with van der Waals surface area (Å²) in [6, 6.07) is 0.578. The van der Waals surface area contributed by atoms with E-state index in [9.17, 15) is 0 Å². The van der Waals surface area contributed by atoms with E-state index in [-0.39, 0.29) is 0 Å². The Labute approximate surface area is 93.7 Å². The lowest BCUT2D eigenvalue weighted by Gasteiger charge is -2.33. The zero-order valence-electron chi connectivity index (χ0n) is 10.2. The number of rotatable bonds is 7. The second-order valence-electron chi connectivity index (χ2n) is 4.28. The summed E-state index contributed by atoms with van der Waals surface area (Å²) in [7, 11) is 0. The minimum absolute atomic E-state index is 0.578. The quantitative estimate of drug-likeness (QED) is 0.606. The lowest BCUT2D eigenvalue weighted by atomic mass is 10.2. The van der Waals surface area contributed by atoms with Gasteiger partial charge in [-0.25, -0.2) is 0 Å². The molecular formula is C12H25NO2. The molecule has 0 amide bonds. The highest BCUT2D eigenvalue weighted by atomic mass is 16.5. The minimum atomic E-state index is 0.578. The first-order valence-corrected chi connectivity index (χ1v) is 6.24. The summed E-state index contributed by atoms with van der Waals surface area (Å²) in [5.41, 5.74) is 0. The van der Waals surface area contributed by atoms with Crippen LogP contribution in [0.15, 0.2) is 0 Å². The topological polar surface area (TPSA) is 21.7 Å². The molecule has 0 unspecified atom stereocenters. The molecule has 1 aliphatic heterocycles. The van der Waals surface area contributed by atoms with Crippen molar-refractivity contribution in [3.05, 3.63) is 0 Å². The van der Waals surface area contributed by atoms with Crippen LogP contribution in [0.25, 0.3) is 0 Å². The van der Waals surface area contributed by atoms with Gasteiger partial charge in [0.1, 0.15) is 0 Å². The lowest BCUT2D eigenvalue weighted by molar-refractivity contribution is -0.00453. The number of hydrogen-bond acceptors (Lipinski definition) is 3. The Morgan fingerprint density at radius 2 is 2.13 bits per heavy atom. The molecule has 1 aliphatic rings. The van der Waals surface area contributed by atoms with Crippen LogP contribution in [0.4, 0.5) is 0 Å². The Morgan fingerprint density at radius 3 is 2.87 bits per heavy atom. The summed E-state index contributed by atoms with van der Waals surface area (Å²) >= 11 is 0. The zero-order chi connectivity index (χ0) is 10.9. The molecule has 3 nitrogen and oxygen atoms in total. The van der Waals surface area contributed by atoms with Gasteiger partial charge in [-0.3, -0.25) is 4.90 Å². The SMILES string of the molecule is CCCCOCCCN1CCOC[C@H]1C. The van der Waals surface area contributed by atoms with Crippen molar-refractivity contribution in [2.45, 2.75) is 39.2 Å². The number of nitrogens with zero attached hydrogens (tertiary/aromatic N) is 1. The highest BCUT2D eigenvalue weighted by Gasteiger charge is 2.17. The molecule has 0 aromatic carbocycles. The largest absolute Gasteiger partial charge is 0.381 e. The molecule has 0 aromatic heterocycles. The van der Waals surface area contributed by atoms with E-state index in [4.69, 9.17) is 9.47 Å². The normalized spacial score (nSPS) is 23.2. The Hall–Kier alpha value is -0.120. The van der Waals surface area contributed by atoms with Crippen molar-refractivity contribution in [3.63, 3.8) is 0 Å². The van der Waals surface area contributed by atoms with E-state index >= 15 is 0 Å². The Bertz CT molecular complexity index is 153. The Morgan fingerprint density at radius 1 is 1.33 bits per heavy atom. The molecule has 0 aliphatic carbocycles. The van der Waals surface area contributed by atoms with E-state index in [1.54, 1.807) is 0 Å². The summed E-state index contributed by atoms with van der Waals surface area (Å²) in [6.07, 6.45) is 3.56. The molecule has 1 heterocycles. The summed E-state index contributed by atoms with van der Waals surface area (Å²) in [4.78, 5) is 2.49. The van der Waals surface area contributed by atoms with Gasteiger partial charge in [-0.2, -0.15) is 0 Å². The highest BCUT2D eigenvalue weighted by molar-refractivity contribution is 4.70. The lowest BCUT2D eigenvalue weighted by Crippen LogP contribution is -2.44. The molecule has 1 rings (SSSR count). The van der Waals surface area contributed by atoms with Crippen LogP contribution < -0.4 is 0 Å². The van der Waals surface area contributed by atoms with Crippen LogP contribution in [0.2, 0.25) is 0 Å². The van der Waals surface area contributed by atoms with Crippen LogP contribution in [0.5, 0.6) is 0 Å². The van der Waals surface area contributed by atoms with Gasteiger partial charge in [0.15, 0.2) is 0 Å². The molecular weight excluding hydrogens is 190 g/mol. The van der Waals surface area contributed by atoms with Crippen LogP contribution in [0.1, 0.15) is 33.1 Å². The number of unbranched alkanes of at least 4 members (excludes halogenated alkanes) is 1. The molecule has 15 heavy (non-hydrogen) atoms. The average Bonchev–Trinajstić information content (AvgIpc) is 2.25. The molecule has 0 saturated carbocycles. The van der Waals surface area contributed by atoms with Crippen LogP contribution in [-0.2, 0) is 9.47 Å². The van der Waals surface area contributed by atoms with E-state index < -0.39 is 0 Å². The van der Waals surface area contributed by atoms with Crippen molar-refractivity contribution < 1.29 is 9.47 Å². The molecule has 1 fully saturated rings. The third-order valence-electron chi connectivity index (χ3n) is 2.88. The first kappa shape index (κ1) is 12.9. The van der Waals surface area contributed by atoms with Crippen molar-refractivity contribution in [1.29, 1.82) is 0 Å². The fourth-order valence-corrected chi connectivity index (χ4v) is 1.81. The smallest absolute Gasteiger partial charge is 0.0619 e. The van der Waals surface area contributed by atoms with E-state index in [2.05, 4.69) is 18.7 Å². The summed E-state index contributed by atoms with van der Waals surface area (Å²) in [6.45, 7) is 10.3. The fraction of sp³-hybridized carbons (Fsp3) is 1.00. The van der Waals surface area contributed by atoms with E-state index in [1.165, 1.54) is 12.8 Å². The van der Waals surface area contributed by atoms with Crippen LogP contribution in [0.3, 0.4) is 0 Å². The van der Waals surface area contributed by atoms with Gasteiger partial charge in [-0.05, 0) is 19.8 Å². The molecule has 1 atom stereocenters. The standard InChI is InChI=1S/C12H25NO2/c1-3-4-8-14-9-5-6-13-7-10-15-11-12(13)2/h12H,3-11H2,1-2H3/t12-/m1/s1. The molecule has 3 heteroatoms. The van der Waals surface area contributed by atoms with Crippen LogP contribution in [-0.4, -0.2) is 50.5 Å². The number of morpholine rings is 1.